The molecule has 0 spiro atoms. The van der Waals surface area contributed by atoms with Gasteiger partial charge >= 0.3 is 5.97 Å². The smallest absolute Gasteiger partial charge is 0.311 e. The number of amides is 1. The van der Waals surface area contributed by atoms with Crippen LogP contribution in [0.25, 0.3) is 0 Å². The number of aliphatic carboxylic acids is 1. The molecule has 26 heavy (non-hydrogen) atoms. The first-order valence-corrected chi connectivity index (χ1v) is 9.22. The Morgan fingerprint density at radius 1 is 1.31 bits per heavy atom. The molecule has 3 atom stereocenters. The number of benzene rings is 1. The van der Waals surface area contributed by atoms with E-state index in [4.69, 9.17) is 0 Å². The highest BCUT2D eigenvalue weighted by Gasteiger charge is 2.54. The average molecular weight is 381 g/mol. The van der Waals surface area contributed by atoms with Gasteiger partial charge in [-0.2, -0.15) is 0 Å². The molecular formula is C20H29ClN2O3. The summed E-state index contributed by atoms with van der Waals surface area (Å²) in [5.74, 6) is -0.243. The second kappa shape index (κ2) is 8.40. The SMILES string of the molecule is CC(C)C(NC(=O)CN1C[C@@H]2CCC[C@@]2(C(=O)O)C1)c1ccccc1.Cl. The molecule has 1 saturated carbocycles. The molecule has 1 aromatic rings. The molecule has 1 aromatic carbocycles. The number of hydrogen-bond donors (Lipinski definition) is 2. The van der Waals surface area contributed by atoms with Gasteiger partial charge in [0.05, 0.1) is 18.0 Å². The van der Waals surface area contributed by atoms with E-state index in [1.165, 1.54) is 0 Å². The van der Waals surface area contributed by atoms with E-state index in [9.17, 15) is 14.7 Å². The average Bonchev–Trinajstić information content (AvgIpc) is 3.11. The third-order valence-electron chi connectivity index (χ3n) is 5.88. The van der Waals surface area contributed by atoms with Gasteiger partial charge in [0.1, 0.15) is 0 Å². The quantitative estimate of drug-likeness (QED) is 0.795. The zero-order chi connectivity index (χ0) is 18.0. The topological polar surface area (TPSA) is 69.6 Å². The van der Waals surface area contributed by atoms with E-state index in [1.54, 1.807) is 0 Å². The normalized spacial score (nSPS) is 26.2. The number of carbonyl (C=O) groups excluding carboxylic acids is 1. The number of carbonyl (C=O) groups is 2. The molecule has 144 valence electrons. The lowest BCUT2D eigenvalue weighted by molar-refractivity contribution is -0.149. The van der Waals surface area contributed by atoms with Crippen LogP contribution in [0.5, 0.6) is 0 Å². The van der Waals surface area contributed by atoms with E-state index in [2.05, 4.69) is 19.2 Å². The van der Waals surface area contributed by atoms with Crippen molar-refractivity contribution in [1.82, 2.24) is 10.2 Å². The van der Waals surface area contributed by atoms with Crippen molar-refractivity contribution in [3.63, 3.8) is 0 Å². The number of likely N-dealkylation sites (tertiary alicyclic amines) is 1. The summed E-state index contributed by atoms with van der Waals surface area (Å²) in [4.78, 5) is 26.4. The van der Waals surface area contributed by atoms with Crippen LogP contribution in [0.1, 0.15) is 44.7 Å². The second-order valence-corrected chi connectivity index (χ2v) is 7.92. The van der Waals surface area contributed by atoms with Crippen molar-refractivity contribution in [2.45, 2.75) is 39.2 Å². The van der Waals surface area contributed by atoms with Gasteiger partial charge in [-0.3, -0.25) is 14.5 Å². The van der Waals surface area contributed by atoms with Crippen molar-refractivity contribution in [3.8, 4) is 0 Å². The van der Waals surface area contributed by atoms with Crippen molar-refractivity contribution < 1.29 is 14.7 Å². The standard InChI is InChI=1S/C20H28N2O3.ClH/c1-14(2)18(15-7-4-3-5-8-15)21-17(23)12-22-11-16-9-6-10-20(16,13-22)19(24)25;/h3-5,7-8,14,16,18H,6,9-13H2,1-2H3,(H,21,23)(H,24,25);1H/t16-,18?,20+;/m0./s1. The van der Waals surface area contributed by atoms with Crippen molar-refractivity contribution in [3.05, 3.63) is 35.9 Å². The van der Waals surface area contributed by atoms with E-state index < -0.39 is 11.4 Å². The van der Waals surface area contributed by atoms with Gasteiger partial charge < -0.3 is 10.4 Å². The number of halogens is 1. The Morgan fingerprint density at radius 2 is 2.00 bits per heavy atom. The number of hydrogen-bond acceptors (Lipinski definition) is 3. The highest BCUT2D eigenvalue weighted by atomic mass is 35.5. The Kier molecular flexibility index (Phi) is 6.69. The molecule has 2 fully saturated rings. The highest BCUT2D eigenvalue weighted by molar-refractivity contribution is 5.85. The van der Waals surface area contributed by atoms with Crippen LogP contribution >= 0.6 is 12.4 Å². The van der Waals surface area contributed by atoms with Crippen molar-refractivity contribution >= 4 is 24.3 Å². The maximum Gasteiger partial charge on any atom is 0.311 e. The van der Waals surface area contributed by atoms with Crippen molar-refractivity contribution in [1.29, 1.82) is 0 Å². The van der Waals surface area contributed by atoms with E-state index in [0.29, 0.717) is 6.54 Å². The van der Waals surface area contributed by atoms with E-state index >= 15 is 0 Å². The van der Waals surface area contributed by atoms with E-state index in [-0.39, 0.29) is 42.7 Å². The number of nitrogens with zero attached hydrogens (tertiary/aromatic N) is 1. The summed E-state index contributed by atoms with van der Waals surface area (Å²) in [7, 11) is 0. The zero-order valence-electron chi connectivity index (χ0n) is 15.5. The van der Waals surface area contributed by atoms with Gasteiger partial charge in [0.2, 0.25) is 5.91 Å². The summed E-state index contributed by atoms with van der Waals surface area (Å²) in [5, 5.41) is 12.8. The molecule has 6 heteroatoms. The molecule has 0 bridgehead atoms. The summed E-state index contributed by atoms with van der Waals surface area (Å²) < 4.78 is 0. The largest absolute Gasteiger partial charge is 0.481 e. The molecule has 1 unspecified atom stereocenters. The molecule has 1 heterocycles. The molecule has 0 radical (unpaired) electrons. The molecule has 1 saturated heterocycles. The molecule has 5 nitrogen and oxygen atoms in total. The van der Waals surface area contributed by atoms with Gasteiger partial charge in [0, 0.05) is 13.1 Å². The fourth-order valence-corrected chi connectivity index (χ4v) is 4.58. The van der Waals surface area contributed by atoms with Gasteiger partial charge in [-0.15, -0.1) is 12.4 Å². The maximum atomic E-state index is 12.6. The van der Waals surface area contributed by atoms with Crippen LogP contribution < -0.4 is 5.32 Å². The lowest BCUT2D eigenvalue weighted by atomic mass is 9.81. The fraction of sp³-hybridized carbons (Fsp3) is 0.600. The first-order chi connectivity index (χ1) is 11.9. The van der Waals surface area contributed by atoms with Gasteiger partial charge in [-0.25, -0.2) is 0 Å². The molecule has 1 aliphatic carbocycles. The van der Waals surface area contributed by atoms with Crippen LogP contribution in [0.2, 0.25) is 0 Å². The third kappa shape index (κ3) is 4.04. The minimum absolute atomic E-state index is 0. The second-order valence-electron chi connectivity index (χ2n) is 7.92. The number of fused-ring (bicyclic) bond motifs is 1. The molecule has 3 rings (SSSR count). The highest BCUT2D eigenvalue weighted by Crippen LogP contribution is 2.48. The van der Waals surface area contributed by atoms with E-state index in [1.807, 2.05) is 35.2 Å². The Labute approximate surface area is 161 Å². The summed E-state index contributed by atoms with van der Waals surface area (Å²) in [6.07, 6.45) is 2.69. The third-order valence-corrected chi connectivity index (χ3v) is 5.88. The Hall–Kier alpha value is -1.59. The number of rotatable bonds is 6. The summed E-state index contributed by atoms with van der Waals surface area (Å²) >= 11 is 0. The molecule has 2 aliphatic rings. The lowest BCUT2D eigenvalue weighted by Gasteiger charge is -2.25. The minimum atomic E-state index is -0.692. The van der Waals surface area contributed by atoms with Crippen LogP contribution in [0, 0.1) is 17.3 Å². The summed E-state index contributed by atoms with van der Waals surface area (Å²) in [6.45, 7) is 5.69. The molecule has 0 aromatic heterocycles. The van der Waals surface area contributed by atoms with E-state index in [0.717, 1.165) is 31.4 Å². The molecular weight excluding hydrogens is 352 g/mol. The Bertz CT molecular complexity index is 637. The number of carboxylic acids is 1. The summed E-state index contributed by atoms with van der Waals surface area (Å²) in [5.41, 5.74) is 0.475. The van der Waals surface area contributed by atoms with Crippen molar-refractivity contribution in [2.24, 2.45) is 17.3 Å². The molecule has 1 amide bonds. The fourth-order valence-electron chi connectivity index (χ4n) is 4.58. The number of carboxylic acid groups (broad SMARTS) is 1. The van der Waals surface area contributed by atoms with Crippen LogP contribution in [0.15, 0.2) is 30.3 Å². The predicted molar refractivity (Wildman–Crippen MR) is 103 cm³/mol. The van der Waals surface area contributed by atoms with Gasteiger partial charge in [0.25, 0.3) is 0 Å². The zero-order valence-corrected chi connectivity index (χ0v) is 16.3. The first kappa shape index (κ1) is 20.7. The van der Waals surface area contributed by atoms with Crippen molar-refractivity contribution in [2.75, 3.05) is 19.6 Å². The first-order valence-electron chi connectivity index (χ1n) is 9.22. The lowest BCUT2D eigenvalue weighted by Crippen LogP contribution is -2.41. The van der Waals surface area contributed by atoms with Gasteiger partial charge in [0.15, 0.2) is 0 Å². The Morgan fingerprint density at radius 3 is 2.58 bits per heavy atom. The van der Waals surface area contributed by atoms with Gasteiger partial charge in [-0.1, -0.05) is 50.6 Å². The van der Waals surface area contributed by atoms with Gasteiger partial charge in [-0.05, 0) is 30.2 Å². The van der Waals surface area contributed by atoms with Crippen LogP contribution in [0.3, 0.4) is 0 Å². The summed E-state index contributed by atoms with van der Waals surface area (Å²) in [6, 6.07) is 9.97. The predicted octanol–water partition coefficient (Wildman–Crippen LogP) is 3.11. The Balaban J connectivity index is 0.00000243. The van der Waals surface area contributed by atoms with Crippen LogP contribution in [0.4, 0.5) is 0 Å². The van der Waals surface area contributed by atoms with Crippen LogP contribution in [-0.2, 0) is 9.59 Å². The maximum absolute atomic E-state index is 12.6. The molecule has 1 aliphatic heterocycles. The molecule has 2 N–H and O–H groups in total. The monoisotopic (exact) mass is 380 g/mol. The van der Waals surface area contributed by atoms with Crippen LogP contribution in [-0.4, -0.2) is 41.5 Å². The minimum Gasteiger partial charge on any atom is -0.481 e. The number of nitrogens with one attached hydrogen (secondary N) is 1.